The fourth-order valence-corrected chi connectivity index (χ4v) is 6.02. The molecular weight excluding hydrogens is 682 g/mol. The van der Waals surface area contributed by atoms with Crippen molar-refractivity contribution in [1.82, 2.24) is 15.5 Å². The normalized spacial score (nSPS) is 22.3. The molecule has 3 aliphatic rings. The average molecular weight is 720 g/mol. The molecule has 0 aromatic heterocycles. The van der Waals surface area contributed by atoms with Crippen LogP contribution in [0.4, 0.5) is 35.9 Å². The highest BCUT2D eigenvalue weighted by Gasteiger charge is 2.64. The fourth-order valence-electron chi connectivity index (χ4n) is 6.02. The largest absolute Gasteiger partial charge is 0.508 e. The number of nitrogens with zero attached hydrogens (tertiary/aromatic N) is 2. The standard InChI is InChI=1S/C32H37F6N4O8/c1-16(48-29(47)49-19-8-6-5-7-9-19)31(27(44)45)41-26(32(36,37)38)24-15-39-14-23(42(24)31)25(43)12-18(40-28(46)50-30(2,3)4)10-17-11-21(34)22(35)13-20(17)33/h11,13,15-16,18-19,23,39H,1,5-10,12,14H2,2-4H3,(H,40,46)(H,44,45)/t16?,18?,23-,31?/m1/s1. The number of amides is 1. The molecule has 1 fully saturated rings. The topological polar surface area (TPSA) is 156 Å². The Hall–Kier alpha value is -4.51. The van der Waals surface area contributed by atoms with Gasteiger partial charge >= 0.3 is 24.4 Å². The summed E-state index contributed by atoms with van der Waals surface area (Å²) in [5.74, 6) is -7.22. The summed E-state index contributed by atoms with van der Waals surface area (Å²) in [5, 5.41) is 15.3. The minimum absolute atomic E-state index is 0.258. The summed E-state index contributed by atoms with van der Waals surface area (Å²) >= 11 is 0. The first kappa shape index (κ1) is 38.3. The Bertz CT molecular complexity index is 1560. The van der Waals surface area contributed by atoms with E-state index < -0.39 is 120 Å². The van der Waals surface area contributed by atoms with Crippen molar-refractivity contribution < 1.29 is 64.8 Å². The van der Waals surface area contributed by atoms with Crippen LogP contribution >= 0.6 is 0 Å². The van der Waals surface area contributed by atoms with Gasteiger partial charge in [-0.2, -0.15) is 13.2 Å². The van der Waals surface area contributed by atoms with E-state index >= 15 is 0 Å². The van der Waals surface area contributed by atoms with E-state index in [2.05, 4.69) is 22.5 Å². The molecule has 0 saturated heterocycles. The van der Waals surface area contributed by atoms with Crippen LogP contribution in [-0.2, 0) is 30.2 Å². The molecule has 4 rings (SSSR count). The molecule has 3 N–H and O–H groups in total. The number of nitrogens with one attached hydrogen (secondary N) is 2. The number of halogens is 6. The number of carboxylic acid groups (broad SMARTS) is 1. The first-order chi connectivity index (χ1) is 23.2. The SMILES string of the molecule is [CH2]C(OC(=O)OC1CCCCC1)C1(C(=O)O)N=C(C(F)(F)F)C2=CNC[C@H](C(=O)CC(Cc3cc(F)c(F)cc3F)NC(=O)OC(C)(C)C)N21. The summed E-state index contributed by atoms with van der Waals surface area (Å²) < 4.78 is 101. The minimum atomic E-state index is -5.26. The molecule has 4 atom stereocenters. The van der Waals surface area contributed by atoms with Gasteiger partial charge in [0.2, 0.25) is 0 Å². The maximum atomic E-state index is 14.6. The third kappa shape index (κ3) is 8.61. The molecule has 0 bridgehead atoms. The highest BCUT2D eigenvalue weighted by molar-refractivity contribution is 6.09. The number of allylic oxidation sites excluding steroid dienone is 1. The highest BCUT2D eigenvalue weighted by atomic mass is 19.4. The molecule has 1 amide bonds. The zero-order valence-electron chi connectivity index (χ0n) is 27.4. The number of Topliss-reactive ketones (excluding diaryl/α,β-unsaturated/α-hetero) is 1. The van der Waals surface area contributed by atoms with Gasteiger partial charge in [0.15, 0.2) is 29.2 Å². The van der Waals surface area contributed by atoms with Gasteiger partial charge in [-0.3, -0.25) is 4.79 Å². The van der Waals surface area contributed by atoms with Crippen molar-refractivity contribution in [1.29, 1.82) is 0 Å². The third-order valence-corrected chi connectivity index (χ3v) is 8.19. The molecule has 1 saturated carbocycles. The van der Waals surface area contributed by atoms with Gasteiger partial charge in [0.05, 0.1) is 5.70 Å². The van der Waals surface area contributed by atoms with Crippen molar-refractivity contribution >= 4 is 29.7 Å². The maximum absolute atomic E-state index is 14.6. The van der Waals surface area contributed by atoms with Gasteiger partial charge in [-0.15, -0.1) is 0 Å². The molecule has 2 heterocycles. The maximum Gasteiger partial charge on any atom is 0.508 e. The lowest BCUT2D eigenvalue weighted by Crippen LogP contribution is -2.65. The van der Waals surface area contributed by atoms with Crippen molar-refractivity contribution in [3.05, 3.63) is 54.0 Å². The summed E-state index contributed by atoms with van der Waals surface area (Å²) in [6, 6.07) is -2.46. The quantitative estimate of drug-likeness (QED) is 0.169. The number of aliphatic imine (C=N–C) groups is 1. The van der Waals surface area contributed by atoms with Crippen LogP contribution in [0.2, 0.25) is 0 Å². The Morgan fingerprint density at radius 1 is 1.08 bits per heavy atom. The minimum Gasteiger partial charge on any atom is -0.478 e. The van der Waals surface area contributed by atoms with Gasteiger partial charge in [-0.25, -0.2) is 32.5 Å². The van der Waals surface area contributed by atoms with Crippen LogP contribution in [0.25, 0.3) is 0 Å². The molecule has 275 valence electrons. The lowest BCUT2D eigenvalue weighted by atomic mass is 9.93. The summed E-state index contributed by atoms with van der Waals surface area (Å²) in [6.45, 7) is 7.55. The second-order valence-electron chi connectivity index (χ2n) is 13.1. The molecule has 50 heavy (non-hydrogen) atoms. The lowest BCUT2D eigenvalue weighted by Gasteiger charge is -2.44. The third-order valence-electron chi connectivity index (χ3n) is 8.19. The Balaban J connectivity index is 1.69. The van der Waals surface area contributed by atoms with E-state index in [1.54, 1.807) is 0 Å². The number of aliphatic carboxylic acids is 1. The van der Waals surface area contributed by atoms with Crippen LogP contribution < -0.4 is 10.6 Å². The van der Waals surface area contributed by atoms with Crippen LogP contribution in [-0.4, -0.2) is 88.0 Å². The van der Waals surface area contributed by atoms with Gasteiger partial charge in [0.25, 0.3) is 5.66 Å². The van der Waals surface area contributed by atoms with E-state index in [9.17, 15) is 50.6 Å². The number of ether oxygens (including phenoxy) is 3. The second-order valence-corrected chi connectivity index (χ2v) is 13.1. The molecule has 0 spiro atoms. The van der Waals surface area contributed by atoms with Gasteiger partial charge in [-0.05, 0) is 71.4 Å². The molecule has 1 radical (unpaired) electrons. The van der Waals surface area contributed by atoms with Crippen LogP contribution in [0, 0.1) is 24.4 Å². The Morgan fingerprint density at radius 2 is 1.72 bits per heavy atom. The Kier molecular flexibility index (Phi) is 11.3. The van der Waals surface area contributed by atoms with Gasteiger partial charge in [-0.1, -0.05) is 6.42 Å². The first-order valence-electron chi connectivity index (χ1n) is 15.7. The predicted molar refractivity (Wildman–Crippen MR) is 162 cm³/mol. The molecule has 18 heteroatoms. The number of hydrogen-bond donors (Lipinski definition) is 3. The Morgan fingerprint density at radius 3 is 2.32 bits per heavy atom. The van der Waals surface area contributed by atoms with E-state index in [1.165, 1.54) is 20.8 Å². The number of alkyl halides is 3. The van der Waals surface area contributed by atoms with Gasteiger partial charge < -0.3 is 34.9 Å². The molecule has 1 aliphatic carbocycles. The zero-order valence-corrected chi connectivity index (χ0v) is 27.4. The number of carbonyl (C=O) groups excluding carboxylic acids is 3. The summed E-state index contributed by atoms with van der Waals surface area (Å²) in [7, 11) is 0. The zero-order chi connectivity index (χ0) is 37.2. The van der Waals surface area contributed by atoms with Gasteiger partial charge in [0, 0.05) is 31.3 Å². The Labute approximate surface area is 283 Å². The molecule has 12 nitrogen and oxygen atoms in total. The number of carbonyl (C=O) groups is 4. The number of rotatable bonds is 10. The van der Waals surface area contributed by atoms with Crippen LogP contribution in [0.3, 0.4) is 0 Å². The van der Waals surface area contributed by atoms with Crippen molar-refractivity contribution in [2.24, 2.45) is 4.99 Å². The van der Waals surface area contributed by atoms with E-state index in [-0.39, 0.29) is 6.07 Å². The van der Waals surface area contributed by atoms with E-state index in [1.807, 2.05) is 0 Å². The number of ketones is 1. The van der Waals surface area contributed by atoms with E-state index in [4.69, 9.17) is 14.2 Å². The van der Waals surface area contributed by atoms with Crippen molar-refractivity contribution in [2.75, 3.05) is 6.54 Å². The van der Waals surface area contributed by atoms with E-state index in [0.717, 1.165) is 25.5 Å². The molecule has 2 aliphatic heterocycles. The molecule has 3 unspecified atom stereocenters. The summed E-state index contributed by atoms with van der Waals surface area (Å²) in [5.41, 5.74) is -7.25. The predicted octanol–water partition coefficient (Wildman–Crippen LogP) is 5.10. The van der Waals surface area contributed by atoms with E-state index in [0.29, 0.717) is 23.8 Å². The monoisotopic (exact) mass is 719 g/mol. The van der Waals surface area contributed by atoms with Crippen LogP contribution in [0.1, 0.15) is 64.9 Å². The average Bonchev–Trinajstić information content (AvgIpc) is 3.37. The lowest BCUT2D eigenvalue weighted by molar-refractivity contribution is -0.159. The first-order valence-corrected chi connectivity index (χ1v) is 15.7. The van der Waals surface area contributed by atoms with Gasteiger partial charge in [0.1, 0.15) is 23.6 Å². The van der Waals surface area contributed by atoms with Crippen molar-refractivity contribution in [3.63, 3.8) is 0 Å². The number of fused-ring (bicyclic) bond motifs is 1. The summed E-state index contributed by atoms with van der Waals surface area (Å²) in [6.07, 6.45) is -7.81. The van der Waals surface area contributed by atoms with Crippen LogP contribution in [0.15, 0.2) is 29.0 Å². The highest BCUT2D eigenvalue weighted by Crippen LogP contribution is 2.43. The summed E-state index contributed by atoms with van der Waals surface area (Å²) in [4.78, 5) is 56.3. The smallest absolute Gasteiger partial charge is 0.478 e. The van der Waals surface area contributed by atoms with Crippen molar-refractivity contribution in [3.8, 4) is 0 Å². The number of alkyl carbamates (subject to hydrolysis) is 1. The number of carboxylic acids is 1. The second kappa shape index (κ2) is 14.8. The fraction of sp³-hybridized carbons (Fsp3) is 0.562. The van der Waals surface area contributed by atoms with Crippen LogP contribution in [0.5, 0.6) is 0 Å². The van der Waals surface area contributed by atoms with Crippen molar-refractivity contribution in [2.45, 2.75) is 107 Å². The molecule has 1 aromatic rings. The molecular formula is C32H37F6N4O8. The molecule has 1 aromatic carbocycles. The number of hydrogen-bond acceptors (Lipinski definition) is 10. The number of benzene rings is 1.